The molecule has 0 nitrogen and oxygen atoms in total. The normalized spacial score (nSPS) is 12.0. The zero-order chi connectivity index (χ0) is 18.2. The summed E-state index contributed by atoms with van der Waals surface area (Å²) in [5.74, 6) is -9.61. The van der Waals surface area contributed by atoms with Crippen LogP contribution in [0.5, 0.6) is 0 Å². The van der Waals surface area contributed by atoms with Gasteiger partial charge in [0.25, 0.3) is 0 Å². The monoisotopic (exact) mass is 412 g/mol. The van der Waals surface area contributed by atoms with Crippen molar-refractivity contribution in [1.29, 1.82) is 0 Å². The minimum Gasteiger partial charge on any atom is -0.203 e. The molecule has 0 saturated heterocycles. The van der Waals surface area contributed by atoms with E-state index in [2.05, 4.69) is 0 Å². The van der Waals surface area contributed by atoms with Crippen LogP contribution >= 0.6 is 34.0 Å². The van der Waals surface area contributed by atoms with Crippen LogP contribution < -0.4 is 0 Å². The third-order valence-corrected chi connectivity index (χ3v) is 8.04. The predicted octanol–water partition coefficient (Wildman–Crippen LogP) is 7.69. The Morgan fingerprint density at radius 3 is 1.92 bits per heavy atom. The highest BCUT2D eigenvalue weighted by Crippen LogP contribution is 2.49. The van der Waals surface area contributed by atoms with E-state index in [1.807, 2.05) is 24.3 Å². The van der Waals surface area contributed by atoms with E-state index < -0.39 is 34.6 Å². The van der Waals surface area contributed by atoms with Crippen molar-refractivity contribution in [2.75, 3.05) is 0 Å². The maximum atomic E-state index is 14.1. The second kappa shape index (κ2) is 5.48. The van der Waals surface area contributed by atoms with Crippen LogP contribution in [0.1, 0.15) is 0 Å². The highest BCUT2D eigenvalue weighted by Gasteiger charge is 2.28. The first-order chi connectivity index (χ1) is 12.5. The molecule has 0 N–H and O–H groups in total. The molecular formula is C18H5F5S3. The zero-order valence-electron chi connectivity index (χ0n) is 12.5. The summed E-state index contributed by atoms with van der Waals surface area (Å²) in [6.45, 7) is 0. The Morgan fingerprint density at radius 1 is 0.577 bits per heavy atom. The number of thiophene rings is 3. The molecule has 0 unspecified atom stereocenters. The van der Waals surface area contributed by atoms with Crippen LogP contribution in [0.3, 0.4) is 0 Å². The first-order valence-electron chi connectivity index (χ1n) is 7.32. The largest absolute Gasteiger partial charge is 0.203 e. The van der Waals surface area contributed by atoms with Gasteiger partial charge in [-0.2, -0.15) is 0 Å². The first-order valence-corrected chi connectivity index (χ1v) is 9.77. The smallest absolute Gasteiger partial charge is 0.200 e. The standard InChI is InChI=1S/C18H5F5S3/c19-11-10(12(20)14(22)15(23)13(11)21)8-5-9-17(25-8)18-16(26-9)6-3-1-2-4-7(6)24-18/h1-5H. The summed E-state index contributed by atoms with van der Waals surface area (Å²) in [5, 5.41) is 1.10. The molecule has 0 amide bonds. The van der Waals surface area contributed by atoms with Crippen LogP contribution in [0, 0.1) is 29.1 Å². The van der Waals surface area contributed by atoms with Gasteiger partial charge in [0.2, 0.25) is 5.82 Å². The van der Waals surface area contributed by atoms with Gasteiger partial charge in [0, 0.05) is 19.7 Å². The van der Waals surface area contributed by atoms with Crippen molar-refractivity contribution in [2.24, 2.45) is 0 Å². The van der Waals surface area contributed by atoms with Crippen molar-refractivity contribution in [3.8, 4) is 10.4 Å². The molecule has 0 bridgehead atoms. The average Bonchev–Trinajstić information content (AvgIpc) is 3.28. The third-order valence-electron chi connectivity index (χ3n) is 4.12. The van der Waals surface area contributed by atoms with Gasteiger partial charge in [-0.1, -0.05) is 18.2 Å². The molecule has 0 atom stereocenters. The van der Waals surface area contributed by atoms with E-state index in [0.29, 0.717) is 0 Å². The van der Waals surface area contributed by atoms with Crippen molar-refractivity contribution in [3.05, 3.63) is 59.4 Å². The Balaban J connectivity index is 1.82. The second-order valence-corrected chi connectivity index (χ2v) is 8.76. The maximum absolute atomic E-state index is 14.1. The van der Waals surface area contributed by atoms with Crippen molar-refractivity contribution in [3.63, 3.8) is 0 Å². The highest BCUT2D eigenvalue weighted by molar-refractivity contribution is 7.41. The molecule has 0 saturated carbocycles. The van der Waals surface area contributed by atoms with Crippen LogP contribution in [0.25, 0.3) is 39.3 Å². The average molecular weight is 412 g/mol. The fourth-order valence-electron chi connectivity index (χ4n) is 2.94. The number of rotatable bonds is 1. The lowest BCUT2D eigenvalue weighted by atomic mass is 10.1. The second-order valence-electron chi connectivity index (χ2n) is 5.61. The third kappa shape index (κ3) is 2.03. The molecular weight excluding hydrogens is 407 g/mol. The topological polar surface area (TPSA) is 0 Å². The molecule has 26 heavy (non-hydrogen) atoms. The lowest BCUT2D eigenvalue weighted by Gasteiger charge is -2.05. The summed E-state index contributed by atoms with van der Waals surface area (Å²) in [5.41, 5.74) is -0.871. The van der Waals surface area contributed by atoms with Gasteiger partial charge in [0.15, 0.2) is 23.3 Å². The number of benzene rings is 2. The Morgan fingerprint density at radius 2 is 1.19 bits per heavy atom. The molecule has 5 rings (SSSR count). The van der Waals surface area contributed by atoms with E-state index in [1.165, 1.54) is 17.4 Å². The minimum atomic E-state index is -2.14. The van der Waals surface area contributed by atoms with E-state index in [9.17, 15) is 22.0 Å². The predicted molar refractivity (Wildman–Crippen MR) is 97.8 cm³/mol. The summed E-state index contributed by atoms with van der Waals surface area (Å²) in [6.07, 6.45) is 0. The van der Waals surface area contributed by atoms with Gasteiger partial charge in [-0.3, -0.25) is 0 Å². The Hall–Kier alpha value is -2.03. The number of halogens is 5. The molecule has 0 aliphatic heterocycles. The van der Waals surface area contributed by atoms with Gasteiger partial charge in [0.1, 0.15) is 0 Å². The van der Waals surface area contributed by atoms with E-state index in [-0.39, 0.29) is 4.88 Å². The molecule has 8 heteroatoms. The van der Waals surface area contributed by atoms with Gasteiger partial charge in [0.05, 0.1) is 19.7 Å². The summed E-state index contributed by atoms with van der Waals surface area (Å²) in [4.78, 5) is 0.0263. The Kier molecular flexibility index (Phi) is 3.41. The minimum absolute atomic E-state index is 0.0263. The number of hydrogen-bond donors (Lipinski definition) is 0. The van der Waals surface area contributed by atoms with E-state index >= 15 is 0 Å². The molecule has 3 aromatic heterocycles. The molecule has 0 spiro atoms. The quantitative estimate of drug-likeness (QED) is 0.150. The van der Waals surface area contributed by atoms with Gasteiger partial charge >= 0.3 is 0 Å². The van der Waals surface area contributed by atoms with Crippen LogP contribution in [-0.2, 0) is 0 Å². The number of hydrogen-bond acceptors (Lipinski definition) is 3. The molecule has 5 aromatic rings. The van der Waals surface area contributed by atoms with Gasteiger partial charge in [-0.25, -0.2) is 22.0 Å². The van der Waals surface area contributed by atoms with Gasteiger partial charge in [-0.05, 0) is 12.1 Å². The molecule has 130 valence electrons. The van der Waals surface area contributed by atoms with E-state index in [4.69, 9.17) is 0 Å². The number of fused-ring (bicyclic) bond motifs is 5. The fraction of sp³-hybridized carbons (Fsp3) is 0. The Labute approximate surface area is 154 Å². The summed E-state index contributed by atoms with van der Waals surface area (Å²) < 4.78 is 73.2. The molecule has 0 aliphatic rings. The van der Waals surface area contributed by atoms with E-state index in [0.717, 1.165) is 40.2 Å². The summed E-state index contributed by atoms with van der Waals surface area (Å²) in [6, 6.07) is 9.33. The lowest BCUT2D eigenvalue weighted by Crippen LogP contribution is -2.03. The van der Waals surface area contributed by atoms with Gasteiger partial charge < -0.3 is 0 Å². The maximum Gasteiger partial charge on any atom is 0.200 e. The van der Waals surface area contributed by atoms with Crippen molar-refractivity contribution >= 4 is 62.9 Å². The fourth-order valence-corrected chi connectivity index (χ4v) is 7.11. The molecule has 0 radical (unpaired) electrons. The first kappa shape index (κ1) is 16.2. The van der Waals surface area contributed by atoms with Crippen LogP contribution in [0.4, 0.5) is 22.0 Å². The van der Waals surface area contributed by atoms with Crippen LogP contribution in [0.15, 0.2) is 30.3 Å². The summed E-state index contributed by atoms with van der Waals surface area (Å²) in [7, 11) is 0. The van der Waals surface area contributed by atoms with E-state index in [1.54, 1.807) is 11.3 Å². The highest BCUT2D eigenvalue weighted by atomic mass is 32.1. The van der Waals surface area contributed by atoms with Crippen molar-refractivity contribution < 1.29 is 22.0 Å². The SMILES string of the molecule is Fc1c(F)c(F)c(-c2cc3sc4c5ccccc5sc4c3s2)c(F)c1F. The van der Waals surface area contributed by atoms with Crippen LogP contribution in [-0.4, -0.2) is 0 Å². The van der Waals surface area contributed by atoms with Crippen LogP contribution in [0.2, 0.25) is 0 Å². The lowest BCUT2D eigenvalue weighted by molar-refractivity contribution is 0.381. The van der Waals surface area contributed by atoms with Crippen molar-refractivity contribution in [1.82, 2.24) is 0 Å². The van der Waals surface area contributed by atoms with Gasteiger partial charge in [-0.15, -0.1) is 34.0 Å². The summed E-state index contributed by atoms with van der Waals surface area (Å²) >= 11 is 4.04. The Bertz CT molecular complexity index is 1310. The molecule has 2 aromatic carbocycles. The van der Waals surface area contributed by atoms with Crippen molar-refractivity contribution in [2.45, 2.75) is 0 Å². The molecule has 0 fully saturated rings. The zero-order valence-corrected chi connectivity index (χ0v) is 15.0. The molecule has 0 aliphatic carbocycles. The molecule has 3 heterocycles.